The van der Waals surface area contributed by atoms with Gasteiger partial charge in [-0.3, -0.25) is 4.90 Å². The minimum absolute atomic E-state index is 0.0498. The minimum atomic E-state index is -3.67. The van der Waals surface area contributed by atoms with Crippen molar-refractivity contribution in [2.45, 2.75) is 57.6 Å². The highest BCUT2D eigenvalue weighted by molar-refractivity contribution is 7.90. The van der Waals surface area contributed by atoms with Gasteiger partial charge < -0.3 is 18.8 Å². The van der Waals surface area contributed by atoms with E-state index in [0.29, 0.717) is 42.7 Å². The number of halogens is 2. The lowest BCUT2D eigenvalue weighted by Gasteiger charge is -2.24. The smallest absolute Gasteiger partial charge is 0.387 e. The van der Waals surface area contributed by atoms with E-state index in [2.05, 4.69) is 21.5 Å². The largest absolute Gasteiger partial charge is 0.454 e. The van der Waals surface area contributed by atoms with Crippen LogP contribution in [0.1, 0.15) is 36.6 Å². The number of benzene rings is 3. The second-order valence-corrected chi connectivity index (χ2v) is 12.1. The Morgan fingerprint density at radius 3 is 2.33 bits per heavy atom. The summed E-state index contributed by atoms with van der Waals surface area (Å²) in [6.07, 6.45) is 2.95. The molecular formula is C31H33F2N3O5S. The van der Waals surface area contributed by atoms with Crippen molar-refractivity contribution in [1.82, 2.24) is 14.5 Å². The van der Waals surface area contributed by atoms with E-state index in [0.717, 1.165) is 29.5 Å². The molecule has 0 fully saturated rings. The van der Waals surface area contributed by atoms with Gasteiger partial charge in [-0.05, 0) is 41.8 Å². The fraction of sp³-hybridized carbons (Fsp3) is 0.323. The van der Waals surface area contributed by atoms with Gasteiger partial charge in [0.05, 0.1) is 5.69 Å². The topological polar surface area (TPSA) is 82.9 Å². The number of aromatic nitrogens is 2. The first-order valence-electron chi connectivity index (χ1n) is 13.7. The lowest BCUT2D eigenvalue weighted by Crippen LogP contribution is -2.25. The number of sulfone groups is 1. The van der Waals surface area contributed by atoms with E-state index in [1.54, 1.807) is 12.1 Å². The van der Waals surface area contributed by atoms with E-state index in [4.69, 9.17) is 9.47 Å². The van der Waals surface area contributed by atoms with Crippen molar-refractivity contribution in [3.8, 4) is 28.6 Å². The molecule has 5 rings (SSSR count). The number of fused-ring (bicyclic) bond motifs is 1. The van der Waals surface area contributed by atoms with Gasteiger partial charge in [0, 0.05) is 38.0 Å². The van der Waals surface area contributed by atoms with Crippen molar-refractivity contribution in [3.05, 3.63) is 89.6 Å². The summed E-state index contributed by atoms with van der Waals surface area (Å²) in [6.45, 7) is 1.08. The summed E-state index contributed by atoms with van der Waals surface area (Å²) in [5.41, 5.74) is 3.23. The maximum absolute atomic E-state index is 13.1. The number of ether oxygens (including phenoxy) is 3. The number of hydrogen-bond acceptors (Lipinski definition) is 7. The molecule has 1 aliphatic rings. The first kappa shape index (κ1) is 29.5. The minimum Gasteiger partial charge on any atom is -0.454 e. The van der Waals surface area contributed by atoms with E-state index in [1.807, 2.05) is 53.1 Å². The molecule has 0 atom stereocenters. The Kier molecular flexibility index (Phi) is 9.08. The molecule has 3 aromatic carbocycles. The Hall–Kier alpha value is -3.96. The Balaban J connectivity index is 1.54. The molecule has 2 heterocycles. The fourth-order valence-electron chi connectivity index (χ4n) is 4.99. The molecule has 0 saturated heterocycles. The summed E-state index contributed by atoms with van der Waals surface area (Å²) in [5.74, 6) is 2.00. The molecule has 0 radical (unpaired) electrons. The molecule has 0 N–H and O–H groups in total. The molecule has 0 amide bonds. The molecule has 42 heavy (non-hydrogen) atoms. The van der Waals surface area contributed by atoms with Crippen LogP contribution in [0.5, 0.6) is 17.2 Å². The quantitative estimate of drug-likeness (QED) is 0.179. The zero-order valence-corrected chi connectivity index (χ0v) is 24.3. The first-order valence-corrected chi connectivity index (χ1v) is 15.6. The van der Waals surface area contributed by atoms with Crippen molar-refractivity contribution >= 4 is 9.84 Å². The number of hydrogen-bond donors (Lipinski definition) is 0. The molecule has 8 nitrogen and oxygen atoms in total. The molecule has 11 heteroatoms. The molecule has 1 aliphatic heterocycles. The Bertz CT molecular complexity index is 1610. The zero-order valence-electron chi connectivity index (χ0n) is 23.5. The third-order valence-corrected chi connectivity index (χ3v) is 7.95. The third-order valence-electron chi connectivity index (χ3n) is 6.93. The molecular weight excluding hydrogens is 564 g/mol. The summed E-state index contributed by atoms with van der Waals surface area (Å²) >= 11 is 0. The lowest BCUT2D eigenvalue weighted by molar-refractivity contribution is -0.0498. The molecule has 0 saturated carbocycles. The van der Waals surface area contributed by atoms with Crippen LogP contribution in [-0.4, -0.2) is 42.5 Å². The predicted octanol–water partition coefficient (Wildman–Crippen LogP) is 6.29. The van der Waals surface area contributed by atoms with Crippen LogP contribution >= 0.6 is 0 Å². The van der Waals surface area contributed by atoms with Crippen molar-refractivity contribution in [3.63, 3.8) is 0 Å². The second kappa shape index (κ2) is 12.9. The maximum atomic E-state index is 13.1. The molecule has 0 bridgehead atoms. The number of unbranched alkanes of at least 4 members (excludes halogenated alkanes) is 1. The summed E-state index contributed by atoms with van der Waals surface area (Å²) in [5, 5.41) is 0.0498. The van der Waals surface area contributed by atoms with Crippen LogP contribution in [0.3, 0.4) is 0 Å². The third kappa shape index (κ3) is 7.08. The van der Waals surface area contributed by atoms with Crippen LogP contribution in [0, 0.1) is 0 Å². The van der Waals surface area contributed by atoms with Crippen LogP contribution in [0.2, 0.25) is 0 Å². The van der Waals surface area contributed by atoms with Crippen molar-refractivity contribution in [2.24, 2.45) is 0 Å². The standard InChI is InChI=1S/C31H33F2N3O5S/c1-3-4-16-36-26(30(42(2,37)38)34-29(36)24-8-6-5-7-9-24)20-35(18-22-10-13-25(14-11-22)41-31(32)33)19-23-12-15-27-28(17-23)40-21-39-27/h5-15,17,31H,3-4,16,18-21H2,1-2H3. The van der Waals surface area contributed by atoms with E-state index in [-0.39, 0.29) is 24.1 Å². The number of imidazole rings is 1. The average Bonchev–Trinajstić information content (AvgIpc) is 3.57. The van der Waals surface area contributed by atoms with Crippen LogP contribution in [0.15, 0.2) is 77.8 Å². The summed E-state index contributed by atoms with van der Waals surface area (Å²) in [7, 11) is -3.67. The number of rotatable bonds is 13. The molecule has 0 spiro atoms. The van der Waals surface area contributed by atoms with Gasteiger partial charge in [0.1, 0.15) is 11.6 Å². The second-order valence-electron chi connectivity index (χ2n) is 10.2. The lowest BCUT2D eigenvalue weighted by atomic mass is 10.1. The van der Waals surface area contributed by atoms with Gasteiger partial charge in [-0.1, -0.05) is 61.9 Å². The molecule has 0 unspecified atom stereocenters. The zero-order chi connectivity index (χ0) is 29.7. The van der Waals surface area contributed by atoms with E-state index in [1.165, 1.54) is 18.4 Å². The fourth-order valence-corrected chi connectivity index (χ4v) is 5.85. The summed E-state index contributed by atoms with van der Waals surface area (Å²) in [6, 6.07) is 21.7. The van der Waals surface area contributed by atoms with Crippen LogP contribution in [0.25, 0.3) is 11.4 Å². The van der Waals surface area contributed by atoms with Gasteiger partial charge >= 0.3 is 6.61 Å². The predicted molar refractivity (Wildman–Crippen MR) is 154 cm³/mol. The Morgan fingerprint density at radius 1 is 0.952 bits per heavy atom. The Labute approximate surface area is 244 Å². The number of alkyl halides is 2. The SMILES string of the molecule is CCCCn1c(-c2ccccc2)nc(S(C)(=O)=O)c1CN(Cc1ccc(OC(F)F)cc1)Cc1ccc2c(c1)OCO2. The van der Waals surface area contributed by atoms with Crippen molar-refractivity contribution < 1.29 is 31.4 Å². The normalized spacial score (nSPS) is 12.8. The van der Waals surface area contributed by atoms with E-state index in [9.17, 15) is 17.2 Å². The molecule has 1 aromatic heterocycles. The summed E-state index contributed by atoms with van der Waals surface area (Å²) in [4.78, 5) is 6.78. The van der Waals surface area contributed by atoms with Crippen LogP contribution < -0.4 is 14.2 Å². The highest BCUT2D eigenvalue weighted by Crippen LogP contribution is 2.34. The average molecular weight is 598 g/mol. The molecule has 4 aromatic rings. The van der Waals surface area contributed by atoms with Gasteiger partial charge in [0.25, 0.3) is 0 Å². The Morgan fingerprint density at radius 2 is 1.64 bits per heavy atom. The van der Waals surface area contributed by atoms with Gasteiger partial charge in [0.2, 0.25) is 6.79 Å². The summed E-state index contributed by atoms with van der Waals surface area (Å²) < 4.78 is 69.1. The monoisotopic (exact) mass is 597 g/mol. The molecule has 0 aliphatic carbocycles. The van der Waals surface area contributed by atoms with E-state index < -0.39 is 16.4 Å². The highest BCUT2D eigenvalue weighted by atomic mass is 32.2. The van der Waals surface area contributed by atoms with Gasteiger partial charge in [0.15, 0.2) is 26.4 Å². The van der Waals surface area contributed by atoms with Crippen LogP contribution in [-0.2, 0) is 36.0 Å². The highest BCUT2D eigenvalue weighted by Gasteiger charge is 2.27. The van der Waals surface area contributed by atoms with Gasteiger partial charge in [-0.25, -0.2) is 13.4 Å². The van der Waals surface area contributed by atoms with Crippen LogP contribution in [0.4, 0.5) is 8.78 Å². The van der Waals surface area contributed by atoms with Crippen molar-refractivity contribution in [2.75, 3.05) is 13.0 Å². The van der Waals surface area contributed by atoms with Crippen molar-refractivity contribution in [1.29, 1.82) is 0 Å². The number of nitrogens with zero attached hydrogens (tertiary/aromatic N) is 3. The van der Waals surface area contributed by atoms with Gasteiger partial charge in [-0.15, -0.1) is 0 Å². The maximum Gasteiger partial charge on any atom is 0.387 e. The van der Waals surface area contributed by atoms with Gasteiger partial charge in [-0.2, -0.15) is 8.78 Å². The first-order chi connectivity index (χ1) is 20.2. The molecule has 222 valence electrons. The van der Waals surface area contributed by atoms with E-state index >= 15 is 0 Å².